The van der Waals surface area contributed by atoms with Crippen molar-refractivity contribution >= 4 is 23.8 Å². The van der Waals surface area contributed by atoms with Crippen LogP contribution >= 0.6 is 6.26 Å². The average Bonchev–Trinajstić information content (AvgIpc) is 2.90. The predicted molar refractivity (Wildman–Crippen MR) is 106 cm³/mol. The molecule has 2 atom stereocenters. The van der Waals surface area contributed by atoms with E-state index in [0.29, 0.717) is 0 Å². The van der Waals surface area contributed by atoms with E-state index in [1.165, 1.54) is 16.7 Å². The van der Waals surface area contributed by atoms with Gasteiger partial charge in [0.15, 0.2) is 0 Å². The Labute approximate surface area is 149 Å². The zero-order chi connectivity index (χ0) is 16.8. The highest BCUT2D eigenvalue weighted by molar-refractivity contribution is 8.13. The van der Waals surface area contributed by atoms with Gasteiger partial charge in [-0.15, -0.1) is 0 Å². The lowest BCUT2D eigenvalue weighted by molar-refractivity contribution is 0.563. The monoisotopic (exact) mass is 352 g/mol. The first-order valence-electron chi connectivity index (χ1n) is 8.32. The molecule has 0 spiro atoms. The van der Waals surface area contributed by atoms with Crippen molar-refractivity contribution in [1.82, 2.24) is 0 Å². The molecule has 0 saturated carbocycles. The predicted octanol–water partition coefficient (Wildman–Crippen LogP) is 6.09. The van der Waals surface area contributed by atoms with E-state index in [0.717, 1.165) is 23.9 Å². The van der Waals surface area contributed by atoms with Crippen molar-refractivity contribution in [3.05, 3.63) is 89.0 Å². The molecule has 0 radical (unpaired) electrons. The molecule has 0 unspecified atom stereocenters. The number of rotatable bonds is 2. The molecule has 0 fully saturated rings. The van der Waals surface area contributed by atoms with E-state index in [4.69, 9.17) is 16.3 Å². The highest BCUT2D eigenvalue weighted by atomic mass is 32.4. The van der Waals surface area contributed by atoms with Crippen LogP contribution in [-0.2, 0) is 21.5 Å². The molecule has 1 nitrogen and oxygen atoms in total. The van der Waals surface area contributed by atoms with Crippen LogP contribution in [0.2, 0.25) is 0 Å². The fourth-order valence-corrected chi connectivity index (χ4v) is 8.48. The normalized spacial score (nSPS) is 29.0. The molecule has 24 heavy (non-hydrogen) atoms. The van der Waals surface area contributed by atoms with Crippen LogP contribution in [0.3, 0.4) is 0 Å². The maximum absolute atomic E-state index is 6.57. The maximum atomic E-state index is 6.57. The molecule has 3 heteroatoms. The quantitative estimate of drug-likeness (QED) is 0.478. The van der Waals surface area contributed by atoms with Gasteiger partial charge in [-0.05, 0) is 31.9 Å². The second-order valence-electron chi connectivity index (χ2n) is 6.83. The van der Waals surface area contributed by atoms with Crippen LogP contribution < -0.4 is 0 Å². The van der Waals surface area contributed by atoms with Crippen molar-refractivity contribution in [2.75, 3.05) is 6.16 Å². The van der Waals surface area contributed by atoms with Crippen LogP contribution in [0.4, 0.5) is 0 Å². The van der Waals surface area contributed by atoms with E-state index < -0.39 is 6.26 Å². The van der Waals surface area contributed by atoms with Gasteiger partial charge < -0.3 is 4.52 Å². The lowest BCUT2D eigenvalue weighted by atomic mass is 9.88. The van der Waals surface area contributed by atoms with Crippen LogP contribution in [0.25, 0.3) is 5.76 Å². The summed E-state index contributed by atoms with van der Waals surface area (Å²) in [7, 11) is 0. The minimum atomic E-state index is -2.06. The van der Waals surface area contributed by atoms with Crippen molar-refractivity contribution in [2.24, 2.45) is 0 Å². The van der Waals surface area contributed by atoms with E-state index in [1.807, 2.05) is 6.07 Å². The number of benzene rings is 2. The molecular weight excluding hydrogens is 331 g/mol. The van der Waals surface area contributed by atoms with E-state index in [-0.39, 0.29) is 5.16 Å². The summed E-state index contributed by atoms with van der Waals surface area (Å²) in [6.45, 7) is 4.45. The second-order valence-corrected chi connectivity index (χ2v) is 11.2. The SMILES string of the molecule is CC1=C(C)C[P@]2(=S)OC(c3ccccc3)=C[C@]2(c2ccccc2)C1. The topological polar surface area (TPSA) is 9.23 Å². The summed E-state index contributed by atoms with van der Waals surface area (Å²) in [5, 5.41) is -0.168. The van der Waals surface area contributed by atoms with Gasteiger partial charge in [0.05, 0.1) is 5.16 Å². The van der Waals surface area contributed by atoms with Crippen LogP contribution in [0, 0.1) is 0 Å². The Balaban J connectivity index is 1.92. The third-order valence-electron chi connectivity index (χ3n) is 5.26. The molecule has 0 saturated heterocycles. The largest absolute Gasteiger partial charge is 0.465 e. The van der Waals surface area contributed by atoms with Gasteiger partial charge in [-0.2, -0.15) is 0 Å². The summed E-state index contributed by atoms with van der Waals surface area (Å²) in [6.07, 6.45) is 2.14. The molecule has 122 valence electrons. The zero-order valence-electron chi connectivity index (χ0n) is 14.0. The first kappa shape index (κ1) is 15.9. The van der Waals surface area contributed by atoms with Gasteiger partial charge in [-0.1, -0.05) is 83.6 Å². The van der Waals surface area contributed by atoms with E-state index in [1.54, 1.807) is 0 Å². The van der Waals surface area contributed by atoms with Gasteiger partial charge in [0.25, 0.3) is 0 Å². The summed E-state index contributed by atoms with van der Waals surface area (Å²) in [6, 6.07) is 21.1. The number of hydrogen-bond acceptors (Lipinski definition) is 2. The van der Waals surface area contributed by atoms with Crippen LogP contribution in [-0.4, -0.2) is 6.16 Å². The van der Waals surface area contributed by atoms with Crippen molar-refractivity contribution in [1.29, 1.82) is 0 Å². The molecule has 0 aliphatic carbocycles. The molecule has 2 heterocycles. The molecule has 0 bridgehead atoms. The minimum absolute atomic E-state index is 0.168. The van der Waals surface area contributed by atoms with Gasteiger partial charge >= 0.3 is 0 Å². The highest BCUT2D eigenvalue weighted by Gasteiger charge is 2.53. The van der Waals surface area contributed by atoms with Gasteiger partial charge in [0.1, 0.15) is 12.0 Å². The molecular formula is C21H21OPS. The number of allylic oxidation sites excluding steroid dienone is 3. The molecule has 2 aliphatic heterocycles. The highest BCUT2D eigenvalue weighted by Crippen LogP contribution is 2.75. The maximum Gasteiger partial charge on any atom is 0.133 e. The van der Waals surface area contributed by atoms with E-state index in [2.05, 4.69) is 74.5 Å². The van der Waals surface area contributed by atoms with Crippen molar-refractivity contribution < 1.29 is 4.52 Å². The average molecular weight is 352 g/mol. The molecule has 0 N–H and O–H groups in total. The van der Waals surface area contributed by atoms with Gasteiger partial charge in [0.2, 0.25) is 0 Å². The third-order valence-corrected chi connectivity index (χ3v) is 10.00. The van der Waals surface area contributed by atoms with E-state index >= 15 is 0 Å². The third kappa shape index (κ3) is 2.32. The number of fused-ring (bicyclic) bond motifs is 1. The molecule has 2 aliphatic rings. The smallest absolute Gasteiger partial charge is 0.133 e. The summed E-state index contributed by atoms with van der Waals surface area (Å²) in [4.78, 5) is 0. The van der Waals surface area contributed by atoms with Crippen molar-refractivity contribution in [3.8, 4) is 0 Å². The fraction of sp³-hybridized carbons (Fsp3) is 0.238. The van der Waals surface area contributed by atoms with Crippen molar-refractivity contribution in [2.45, 2.75) is 25.4 Å². The Hall–Kier alpha value is -1.63. The summed E-state index contributed by atoms with van der Waals surface area (Å²) in [5.74, 6) is 0.963. The standard InChI is InChI=1S/C21H21OPS/c1-16-13-21(19-11-7-4-8-12-19)14-20(18-9-5-3-6-10-18)22-23(21,24)15-17(16)2/h3-12,14H,13,15H2,1-2H3/t21-,23+/m0/s1. The Morgan fingerprint density at radius 1 is 0.917 bits per heavy atom. The Morgan fingerprint density at radius 3 is 2.21 bits per heavy atom. The molecule has 2 aromatic carbocycles. The fourth-order valence-electron chi connectivity index (χ4n) is 3.78. The molecule has 2 aromatic rings. The minimum Gasteiger partial charge on any atom is -0.465 e. The summed E-state index contributed by atoms with van der Waals surface area (Å²) in [5.41, 5.74) is 5.29. The number of hydrogen-bond donors (Lipinski definition) is 0. The molecule has 4 rings (SSSR count). The van der Waals surface area contributed by atoms with Gasteiger partial charge in [-0.25, -0.2) is 0 Å². The van der Waals surface area contributed by atoms with Crippen LogP contribution in [0.15, 0.2) is 77.9 Å². The van der Waals surface area contributed by atoms with Crippen LogP contribution in [0.1, 0.15) is 31.4 Å². The van der Waals surface area contributed by atoms with Crippen LogP contribution in [0.5, 0.6) is 0 Å². The lowest BCUT2D eigenvalue weighted by Gasteiger charge is -2.41. The Morgan fingerprint density at radius 2 is 1.54 bits per heavy atom. The Bertz CT molecular complexity index is 883. The Kier molecular flexibility index (Phi) is 3.78. The van der Waals surface area contributed by atoms with Gasteiger partial charge in [0, 0.05) is 11.7 Å². The van der Waals surface area contributed by atoms with E-state index in [9.17, 15) is 0 Å². The molecule has 0 aromatic heterocycles. The zero-order valence-corrected chi connectivity index (χ0v) is 15.7. The molecule has 0 amide bonds. The summed E-state index contributed by atoms with van der Waals surface area (Å²) < 4.78 is 6.57. The second kappa shape index (κ2) is 5.72. The first-order valence-corrected chi connectivity index (χ1v) is 11.2. The summed E-state index contributed by atoms with van der Waals surface area (Å²) >= 11 is 6.24. The van der Waals surface area contributed by atoms with Gasteiger partial charge in [-0.3, -0.25) is 0 Å². The lowest BCUT2D eigenvalue weighted by Crippen LogP contribution is -2.27. The van der Waals surface area contributed by atoms with Crippen molar-refractivity contribution in [3.63, 3.8) is 0 Å². The first-order chi connectivity index (χ1) is 11.5.